The second kappa shape index (κ2) is 8.45. The first-order chi connectivity index (χ1) is 13.0. The quantitative estimate of drug-likeness (QED) is 0.694. The Kier molecular flexibility index (Phi) is 5.81. The molecule has 2 aromatic carbocycles. The first-order valence-electron chi connectivity index (χ1n) is 9.03. The third kappa shape index (κ3) is 4.91. The Balaban J connectivity index is 1.65. The Bertz CT molecular complexity index is 915. The minimum absolute atomic E-state index is 0.200. The van der Waals surface area contributed by atoms with Gasteiger partial charge in [-0.2, -0.15) is 0 Å². The number of carbonyl (C=O) groups is 1. The van der Waals surface area contributed by atoms with Crippen molar-refractivity contribution in [3.05, 3.63) is 82.7 Å². The van der Waals surface area contributed by atoms with E-state index in [-0.39, 0.29) is 5.91 Å². The molecular weight excluding hydrogens is 336 g/mol. The van der Waals surface area contributed by atoms with Crippen LogP contribution in [0.15, 0.2) is 54.7 Å². The topological polar surface area (TPSA) is 66.9 Å². The van der Waals surface area contributed by atoms with Crippen LogP contribution in [0.1, 0.15) is 32.7 Å². The van der Waals surface area contributed by atoms with Crippen LogP contribution in [0.2, 0.25) is 0 Å². The number of carbonyl (C=O) groups excluding carboxylic acids is 1. The molecule has 5 nitrogen and oxygen atoms in total. The molecule has 0 aliphatic heterocycles. The molecule has 0 spiro atoms. The van der Waals surface area contributed by atoms with Gasteiger partial charge in [0.2, 0.25) is 5.95 Å². The Morgan fingerprint density at radius 1 is 1.00 bits per heavy atom. The van der Waals surface area contributed by atoms with Crippen LogP contribution >= 0.6 is 0 Å². The number of nitrogens with one attached hydrogen (secondary N) is 2. The van der Waals surface area contributed by atoms with Gasteiger partial charge in [-0.25, -0.2) is 9.97 Å². The van der Waals surface area contributed by atoms with Crippen molar-refractivity contribution in [2.24, 2.45) is 0 Å². The fourth-order valence-corrected chi connectivity index (χ4v) is 3.09. The highest BCUT2D eigenvalue weighted by Gasteiger charge is 2.10. The second-order valence-electron chi connectivity index (χ2n) is 6.66. The predicted molar refractivity (Wildman–Crippen MR) is 108 cm³/mol. The van der Waals surface area contributed by atoms with Gasteiger partial charge < -0.3 is 10.6 Å². The Hall–Kier alpha value is -3.21. The maximum atomic E-state index is 12.4. The van der Waals surface area contributed by atoms with Crippen LogP contribution in [0.4, 0.5) is 11.6 Å². The van der Waals surface area contributed by atoms with Gasteiger partial charge in [0.25, 0.3) is 5.91 Å². The molecule has 2 N–H and O–H groups in total. The van der Waals surface area contributed by atoms with Crippen LogP contribution in [0, 0.1) is 20.8 Å². The minimum atomic E-state index is -0.200. The fourth-order valence-electron chi connectivity index (χ4n) is 3.09. The first-order valence-corrected chi connectivity index (χ1v) is 9.03. The smallest absolute Gasteiger partial charge is 0.270 e. The molecule has 5 heteroatoms. The fraction of sp³-hybridized carbons (Fsp3) is 0.227. The van der Waals surface area contributed by atoms with Gasteiger partial charge in [0, 0.05) is 18.4 Å². The van der Waals surface area contributed by atoms with Crippen LogP contribution < -0.4 is 10.6 Å². The van der Waals surface area contributed by atoms with Gasteiger partial charge in [-0.3, -0.25) is 4.79 Å². The number of amides is 1. The van der Waals surface area contributed by atoms with Gasteiger partial charge in [-0.1, -0.05) is 48.0 Å². The van der Waals surface area contributed by atoms with Crippen molar-refractivity contribution >= 4 is 17.5 Å². The number of benzene rings is 2. The molecule has 0 saturated heterocycles. The van der Waals surface area contributed by atoms with Crippen LogP contribution in [-0.4, -0.2) is 22.4 Å². The number of aryl methyl sites for hydroxylation is 3. The van der Waals surface area contributed by atoms with Gasteiger partial charge in [0.1, 0.15) is 5.69 Å². The van der Waals surface area contributed by atoms with E-state index in [1.807, 2.05) is 44.2 Å². The molecule has 1 heterocycles. The molecule has 1 amide bonds. The number of aromatic nitrogens is 2. The summed E-state index contributed by atoms with van der Waals surface area (Å²) in [6.45, 7) is 6.72. The highest BCUT2D eigenvalue weighted by Crippen LogP contribution is 2.24. The predicted octanol–water partition coefficient (Wildman–Crippen LogP) is 4.12. The molecule has 27 heavy (non-hydrogen) atoms. The van der Waals surface area contributed by atoms with E-state index >= 15 is 0 Å². The van der Waals surface area contributed by atoms with Gasteiger partial charge in [0.05, 0.1) is 0 Å². The van der Waals surface area contributed by atoms with Crippen LogP contribution in [0.3, 0.4) is 0 Å². The van der Waals surface area contributed by atoms with E-state index in [1.165, 1.54) is 11.1 Å². The standard InChI is InChI=1S/C22H24N4O/c1-15-13-16(2)20(17(3)14-15)26-22-24-12-10-19(25-22)21(27)23-11-9-18-7-5-4-6-8-18/h4-8,10,12-14H,9,11H2,1-3H3,(H,23,27)(H,24,25,26). The molecular formula is C22H24N4O. The lowest BCUT2D eigenvalue weighted by Crippen LogP contribution is -2.26. The Morgan fingerprint density at radius 3 is 2.41 bits per heavy atom. The van der Waals surface area contributed by atoms with Crippen molar-refractivity contribution in [1.82, 2.24) is 15.3 Å². The maximum absolute atomic E-state index is 12.4. The van der Waals surface area contributed by atoms with Crippen molar-refractivity contribution in [1.29, 1.82) is 0 Å². The summed E-state index contributed by atoms with van der Waals surface area (Å²) < 4.78 is 0. The average molecular weight is 360 g/mol. The lowest BCUT2D eigenvalue weighted by atomic mass is 10.1. The number of anilines is 2. The summed E-state index contributed by atoms with van der Waals surface area (Å²) in [7, 11) is 0. The summed E-state index contributed by atoms with van der Waals surface area (Å²) in [5, 5.41) is 6.15. The summed E-state index contributed by atoms with van der Waals surface area (Å²) in [5.74, 6) is 0.217. The van der Waals surface area contributed by atoms with E-state index in [2.05, 4.69) is 39.7 Å². The zero-order valence-corrected chi connectivity index (χ0v) is 15.9. The summed E-state index contributed by atoms with van der Waals surface area (Å²) in [4.78, 5) is 21.0. The van der Waals surface area contributed by atoms with E-state index in [4.69, 9.17) is 0 Å². The van der Waals surface area contributed by atoms with Crippen molar-refractivity contribution in [2.75, 3.05) is 11.9 Å². The van der Waals surface area contributed by atoms with E-state index in [9.17, 15) is 4.79 Å². The van der Waals surface area contributed by atoms with Crippen molar-refractivity contribution in [3.63, 3.8) is 0 Å². The SMILES string of the molecule is Cc1cc(C)c(Nc2nccc(C(=O)NCCc3ccccc3)n2)c(C)c1. The molecule has 0 saturated carbocycles. The Labute approximate surface area is 159 Å². The zero-order chi connectivity index (χ0) is 19.2. The number of rotatable bonds is 6. The molecule has 0 fully saturated rings. The summed E-state index contributed by atoms with van der Waals surface area (Å²) in [6, 6.07) is 15.9. The molecule has 0 atom stereocenters. The number of nitrogens with zero attached hydrogens (tertiary/aromatic N) is 2. The maximum Gasteiger partial charge on any atom is 0.270 e. The summed E-state index contributed by atoms with van der Waals surface area (Å²) in [6.07, 6.45) is 2.38. The lowest BCUT2D eigenvalue weighted by molar-refractivity contribution is 0.0949. The molecule has 0 aliphatic carbocycles. The molecule has 138 valence electrons. The third-order valence-electron chi connectivity index (χ3n) is 4.34. The van der Waals surface area contributed by atoms with Crippen LogP contribution in [-0.2, 0) is 6.42 Å². The average Bonchev–Trinajstić information content (AvgIpc) is 2.66. The third-order valence-corrected chi connectivity index (χ3v) is 4.34. The first kappa shape index (κ1) is 18.6. The summed E-state index contributed by atoms with van der Waals surface area (Å²) >= 11 is 0. The molecule has 3 aromatic rings. The van der Waals surface area contributed by atoms with Gasteiger partial charge in [-0.05, 0) is 49.9 Å². The van der Waals surface area contributed by atoms with Gasteiger partial charge >= 0.3 is 0 Å². The van der Waals surface area contributed by atoms with Crippen molar-refractivity contribution in [3.8, 4) is 0 Å². The molecule has 0 aliphatic rings. The lowest BCUT2D eigenvalue weighted by Gasteiger charge is -2.13. The molecule has 0 unspecified atom stereocenters. The van der Waals surface area contributed by atoms with Gasteiger partial charge in [0.15, 0.2) is 0 Å². The minimum Gasteiger partial charge on any atom is -0.350 e. The molecule has 0 radical (unpaired) electrons. The molecule has 3 rings (SSSR count). The second-order valence-corrected chi connectivity index (χ2v) is 6.66. The van der Waals surface area contributed by atoms with Crippen molar-refractivity contribution < 1.29 is 4.79 Å². The normalized spacial score (nSPS) is 10.5. The van der Waals surface area contributed by atoms with Crippen molar-refractivity contribution in [2.45, 2.75) is 27.2 Å². The number of hydrogen-bond acceptors (Lipinski definition) is 4. The largest absolute Gasteiger partial charge is 0.350 e. The monoisotopic (exact) mass is 360 g/mol. The zero-order valence-electron chi connectivity index (χ0n) is 15.9. The Morgan fingerprint density at radius 2 is 1.70 bits per heavy atom. The van der Waals surface area contributed by atoms with Crippen LogP contribution in [0.5, 0.6) is 0 Å². The highest BCUT2D eigenvalue weighted by molar-refractivity contribution is 5.92. The highest BCUT2D eigenvalue weighted by atomic mass is 16.1. The van der Waals surface area contributed by atoms with E-state index in [1.54, 1.807) is 12.3 Å². The van der Waals surface area contributed by atoms with E-state index in [0.29, 0.717) is 18.2 Å². The van der Waals surface area contributed by atoms with Crippen LogP contribution in [0.25, 0.3) is 0 Å². The molecule has 1 aromatic heterocycles. The van der Waals surface area contributed by atoms with E-state index < -0.39 is 0 Å². The van der Waals surface area contributed by atoms with Gasteiger partial charge in [-0.15, -0.1) is 0 Å². The number of hydrogen-bond donors (Lipinski definition) is 2. The molecule has 0 bridgehead atoms. The summed E-state index contributed by atoms with van der Waals surface area (Å²) in [5.41, 5.74) is 5.96. The van der Waals surface area contributed by atoms with E-state index in [0.717, 1.165) is 23.2 Å².